The highest BCUT2D eigenvalue weighted by molar-refractivity contribution is 5.07. The molecule has 0 unspecified atom stereocenters. The SMILES string of the molecule is COCC1(c2nc(C)no2)CCNCC1. The molecule has 1 fully saturated rings. The highest BCUT2D eigenvalue weighted by atomic mass is 16.5. The lowest BCUT2D eigenvalue weighted by Gasteiger charge is -2.33. The van der Waals surface area contributed by atoms with Crippen LogP contribution >= 0.6 is 0 Å². The second-order valence-electron chi connectivity index (χ2n) is 4.11. The summed E-state index contributed by atoms with van der Waals surface area (Å²) >= 11 is 0. The number of rotatable bonds is 3. The van der Waals surface area contributed by atoms with E-state index in [0.717, 1.165) is 31.8 Å². The van der Waals surface area contributed by atoms with Gasteiger partial charge in [-0.05, 0) is 32.9 Å². The van der Waals surface area contributed by atoms with Gasteiger partial charge in [-0.15, -0.1) is 0 Å². The zero-order chi connectivity index (χ0) is 10.7. The highest BCUT2D eigenvalue weighted by Crippen LogP contribution is 2.32. The quantitative estimate of drug-likeness (QED) is 0.795. The number of hydrogen-bond acceptors (Lipinski definition) is 5. The van der Waals surface area contributed by atoms with Crippen LogP contribution in [0, 0.1) is 6.92 Å². The number of hydrogen-bond donors (Lipinski definition) is 1. The predicted octanol–water partition coefficient (Wildman–Crippen LogP) is 0.646. The third-order valence-corrected chi connectivity index (χ3v) is 2.96. The Morgan fingerprint density at radius 2 is 2.20 bits per heavy atom. The van der Waals surface area contributed by atoms with Crippen LogP contribution in [0.2, 0.25) is 0 Å². The van der Waals surface area contributed by atoms with Gasteiger partial charge in [0.15, 0.2) is 5.82 Å². The zero-order valence-corrected chi connectivity index (χ0v) is 9.25. The van der Waals surface area contributed by atoms with Crippen LogP contribution < -0.4 is 5.32 Å². The van der Waals surface area contributed by atoms with Crippen molar-refractivity contribution in [3.8, 4) is 0 Å². The van der Waals surface area contributed by atoms with E-state index in [1.807, 2.05) is 6.92 Å². The van der Waals surface area contributed by atoms with Crippen LogP contribution in [0.5, 0.6) is 0 Å². The number of ether oxygens (including phenoxy) is 1. The fourth-order valence-electron chi connectivity index (χ4n) is 2.11. The van der Waals surface area contributed by atoms with Crippen molar-refractivity contribution in [1.82, 2.24) is 15.5 Å². The summed E-state index contributed by atoms with van der Waals surface area (Å²) in [6.45, 7) is 4.44. The van der Waals surface area contributed by atoms with Crippen LogP contribution in [0.4, 0.5) is 0 Å². The van der Waals surface area contributed by atoms with Crippen molar-refractivity contribution >= 4 is 0 Å². The van der Waals surface area contributed by atoms with Crippen molar-refractivity contribution in [3.63, 3.8) is 0 Å². The van der Waals surface area contributed by atoms with Gasteiger partial charge in [-0.3, -0.25) is 0 Å². The second-order valence-corrected chi connectivity index (χ2v) is 4.11. The summed E-state index contributed by atoms with van der Waals surface area (Å²) in [4.78, 5) is 4.34. The molecule has 0 aliphatic carbocycles. The fraction of sp³-hybridized carbons (Fsp3) is 0.800. The summed E-state index contributed by atoms with van der Waals surface area (Å²) in [6, 6.07) is 0. The van der Waals surface area contributed by atoms with E-state index in [9.17, 15) is 0 Å². The molecule has 0 bridgehead atoms. The molecule has 1 saturated heterocycles. The normalized spacial score (nSPS) is 20.4. The molecule has 0 atom stereocenters. The molecule has 1 aliphatic heterocycles. The number of nitrogens with zero attached hydrogens (tertiary/aromatic N) is 2. The molecule has 5 nitrogen and oxygen atoms in total. The molecule has 5 heteroatoms. The average molecular weight is 211 g/mol. The summed E-state index contributed by atoms with van der Waals surface area (Å²) < 4.78 is 10.6. The monoisotopic (exact) mass is 211 g/mol. The lowest BCUT2D eigenvalue weighted by molar-refractivity contribution is 0.0849. The van der Waals surface area contributed by atoms with Gasteiger partial charge in [0, 0.05) is 7.11 Å². The van der Waals surface area contributed by atoms with Gasteiger partial charge in [-0.2, -0.15) is 4.98 Å². The maximum absolute atomic E-state index is 5.29. The lowest BCUT2D eigenvalue weighted by atomic mass is 9.79. The molecule has 1 N–H and O–H groups in total. The summed E-state index contributed by atoms with van der Waals surface area (Å²) in [5.41, 5.74) is -0.0821. The van der Waals surface area contributed by atoms with Gasteiger partial charge in [-0.25, -0.2) is 0 Å². The van der Waals surface area contributed by atoms with Gasteiger partial charge in [0.1, 0.15) is 0 Å². The smallest absolute Gasteiger partial charge is 0.235 e. The Labute approximate surface area is 89.2 Å². The minimum Gasteiger partial charge on any atom is -0.384 e. The third-order valence-electron chi connectivity index (χ3n) is 2.96. The zero-order valence-electron chi connectivity index (χ0n) is 9.25. The minimum absolute atomic E-state index is 0.0821. The Morgan fingerprint density at radius 1 is 1.47 bits per heavy atom. The molecule has 2 heterocycles. The largest absolute Gasteiger partial charge is 0.384 e. The molecule has 1 aromatic rings. The fourth-order valence-corrected chi connectivity index (χ4v) is 2.11. The molecular weight excluding hydrogens is 194 g/mol. The first-order valence-electron chi connectivity index (χ1n) is 5.27. The van der Waals surface area contributed by atoms with Crippen LogP contribution in [-0.2, 0) is 10.2 Å². The van der Waals surface area contributed by atoms with E-state index in [2.05, 4.69) is 15.5 Å². The van der Waals surface area contributed by atoms with Crippen LogP contribution in [0.1, 0.15) is 24.6 Å². The van der Waals surface area contributed by atoms with E-state index in [1.165, 1.54) is 0 Å². The van der Waals surface area contributed by atoms with E-state index in [0.29, 0.717) is 12.4 Å². The molecule has 1 aromatic heterocycles. The number of aryl methyl sites for hydroxylation is 1. The number of methoxy groups -OCH3 is 1. The van der Waals surface area contributed by atoms with Crippen LogP contribution in [-0.4, -0.2) is 36.9 Å². The molecule has 2 rings (SSSR count). The standard InChI is InChI=1S/C10H17N3O2/c1-8-12-9(15-13-8)10(7-14-2)3-5-11-6-4-10/h11H,3-7H2,1-2H3. The second kappa shape index (κ2) is 4.28. The third kappa shape index (κ3) is 2.03. The van der Waals surface area contributed by atoms with E-state index >= 15 is 0 Å². The minimum atomic E-state index is -0.0821. The van der Waals surface area contributed by atoms with Gasteiger partial charge in [-0.1, -0.05) is 5.16 Å². The Kier molecular flexibility index (Phi) is 3.02. The summed E-state index contributed by atoms with van der Waals surface area (Å²) in [5.74, 6) is 1.42. The molecular formula is C10H17N3O2. The molecule has 0 saturated carbocycles. The van der Waals surface area contributed by atoms with Crippen molar-refractivity contribution in [2.45, 2.75) is 25.2 Å². The lowest BCUT2D eigenvalue weighted by Crippen LogP contribution is -2.43. The van der Waals surface area contributed by atoms with Crippen molar-refractivity contribution in [3.05, 3.63) is 11.7 Å². The molecule has 0 spiro atoms. The summed E-state index contributed by atoms with van der Waals surface area (Å²) in [7, 11) is 1.72. The van der Waals surface area contributed by atoms with Gasteiger partial charge >= 0.3 is 0 Å². The average Bonchev–Trinajstić information content (AvgIpc) is 2.67. The molecule has 0 aromatic carbocycles. The number of aromatic nitrogens is 2. The molecule has 1 aliphatic rings. The maximum Gasteiger partial charge on any atom is 0.235 e. The first-order chi connectivity index (χ1) is 7.27. The van der Waals surface area contributed by atoms with E-state index in [4.69, 9.17) is 9.26 Å². The van der Waals surface area contributed by atoms with Crippen LogP contribution in [0.25, 0.3) is 0 Å². The van der Waals surface area contributed by atoms with Crippen molar-refractivity contribution in [1.29, 1.82) is 0 Å². The van der Waals surface area contributed by atoms with Crippen molar-refractivity contribution < 1.29 is 9.26 Å². The summed E-state index contributed by atoms with van der Waals surface area (Å²) in [6.07, 6.45) is 1.98. The first kappa shape index (κ1) is 10.6. The van der Waals surface area contributed by atoms with E-state index in [1.54, 1.807) is 7.11 Å². The van der Waals surface area contributed by atoms with Crippen LogP contribution in [0.15, 0.2) is 4.52 Å². The number of nitrogens with one attached hydrogen (secondary N) is 1. The molecule has 0 radical (unpaired) electrons. The van der Waals surface area contributed by atoms with Crippen molar-refractivity contribution in [2.24, 2.45) is 0 Å². The van der Waals surface area contributed by atoms with E-state index < -0.39 is 0 Å². The van der Waals surface area contributed by atoms with Gasteiger partial charge in [0.05, 0.1) is 12.0 Å². The van der Waals surface area contributed by atoms with Gasteiger partial charge in [0.2, 0.25) is 5.89 Å². The van der Waals surface area contributed by atoms with Crippen LogP contribution in [0.3, 0.4) is 0 Å². The van der Waals surface area contributed by atoms with Crippen molar-refractivity contribution in [2.75, 3.05) is 26.8 Å². The topological polar surface area (TPSA) is 60.2 Å². The molecule has 15 heavy (non-hydrogen) atoms. The van der Waals surface area contributed by atoms with Gasteiger partial charge < -0.3 is 14.6 Å². The Morgan fingerprint density at radius 3 is 2.73 bits per heavy atom. The highest BCUT2D eigenvalue weighted by Gasteiger charge is 2.39. The summed E-state index contributed by atoms with van der Waals surface area (Å²) in [5, 5.41) is 7.19. The molecule has 84 valence electrons. The maximum atomic E-state index is 5.29. The Bertz CT molecular complexity index is 313. The Balaban J connectivity index is 2.24. The first-order valence-corrected chi connectivity index (χ1v) is 5.27. The van der Waals surface area contributed by atoms with Gasteiger partial charge in [0.25, 0.3) is 0 Å². The Hall–Kier alpha value is -0.940. The van der Waals surface area contributed by atoms with E-state index in [-0.39, 0.29) is 5.41 Å². The molecule has 0 amide bonds. The number of piperidine rings is 1. The predicted molar refractivity (Wildman–Crippen MR) is 54.7 cm³/mol.